The Morgan fingerprint density at radius 1 is 1.35 bits per heavy atom. The first-order valence-electron chi connectivity index (χ1n) is 7.81. The summed E-state index contributed by atoms with van der Waals surface area (Å²) in [6, 6.07) is 4.49. The largest absolute Gasteiger partial charge is 0.336 e. The molecular formula is C16H19BrFN3O2. The number of benzene rings is 1. The SMILES string of the molecule is O=C(c1ccc(Br)cc1F)N1CCCC(N2CCNCC2=O)C1. The Morgan fingerprint density at radius 2 is 2.17 bits per heavy atom. The standard InChI is InChI=1S/C16H19BrFN3O2/c17-11-3-4-13(14(18)8-11)16(23)20-6-1-2-12(10-20)21-7-5-19-9-15(21)22/h3-4,8,12,19H,1-2,5-7,9-10H2. The molecule has 0 radical (unpaired) electrons. The summed E-state index contributed by atoms with van der Waals surface area (Å²) in [5.41, 5.74) is 0.0838. The van der Waals surface area contributed by atoms with Gasteiger partial charge in [0.05, 0.1) is 12.1 Å². The summed E-state index contributed by atoms with van der Waals surface area (Å²) in [6.07, 6.45) is 1.71. The summed E-state index contributed by atoms with van der Waals surface area (Å²) < 4.78 is 14.6. The van der Waals surface area contributed by atoms with E-state index in [2.05, 4.69) is 21.2 Å². The normalized spacial score (nSPS) is 22.3. The molecule has 1 aromatic carbocycles. The molecular weight excluding hydrogens is 365 g/mol. The maximum Gasteiger partial charge on any atom is 0.256 e. The van der Waals surface area contributed by atoms with Gasteiger partial charge in [0, 0.05) is 36.7 Å². The van der Waals surface area contributed by atoms with Gasteiger partial charge in [0.25, 0.3) is 5.91 Å². The van der Waals surface area contributed by atoms with Crippen LogP contribution in [0.3, 0.4) is 0 Å². The first-order chi connectivity index (χ1) is 11.1. The van der Waals surface area contributed by atoms with Crippen LogP contribution in [0.2, 0.25) is 0 Å². The molecule has 5 nitrogen and oxygen atoms in total. The second-order valence-corrected chi connectivity index (χ2v) is 6.85. The fourth-order valence-electron chi connectivity index (χ4n) is 3.23. The van der Waals surface area contributed by atoms with E-state index in [1.807, 2.05) is 4.90 Å². The van der Waals surface area contributed by atoms with Gasteiger partial charge in [-0.25, -0.2) is 4.39 Å². The topological polar surface area (TPSA) is 52.7 Å². The molecule has 0 spiro atoms. The van der Waals surface area contributed by atoms with Crippen LogP contribution in [0.5, 0.6) is 0 Å². The van der Waals surface area contributed by atoms with E-state index < -0.39 is 5.82 Å². The summed E-state index contributed by atoms with van der Waals surface area (Å²) in [5.74, 6) is -0.752. The van der Waals surface area contributed by atoms with Gasteiger partial charge in [-0.2, -0.15) is 0 Å². The summed E-state index contributed by atoms with van der Waals surface area (Å²) >= 11 is 3.19. The van der Waals surface area contributed by atoms with Gasteiger partial charge in [0.2, 0.25) is 5.91 Å². The predicted octanol–water partition coefficient (Wildman–Crippen LogP) is 1.62. The number of rotatable bonds is 2. The number of nitrogens with zero attached hydrogens (tertiary/aromatic N) is 2. The van der Waals surface area contributed by atoms with E-state index in [0.29, 0.717) is 30.7 Å². The van der Waals surface area contributed by atoms with Crippen molar-refractivity contribution in [3.05, 3.63) is 34.1 Å². The Hall–Kier alpha value is -1.47. The molecule has 23 heavy (non-hydrogen) atoms. The van der Waals surface area contributed by atoms with E-state index in [-0.39, 0.29) is 23.4 Å². The van der Waals surface area contributed by atoms with Gasteiger partial charge in [-0.05, 0) is 31.0 Å². The van der Waals surface area contributed by atoms with Crippen molar-refractivity contribution in [3.8, 4) is 0 Å². The lowest BCUT2D eigenvalue weighted by atomic mass is 10.0. The zero-order chi connectivity index (χ0) is 16.4. The van der Waals surface area contributed by atoms with Crippen LogP contribution in [0.4, 0.5) is 4.39 Å². The minimum atomic E-state index is -0.523. The molecule has 2 aliphatic heterocycles. The molecule has 2 aliphatic rings. The highest BCUT2D eigenvalue weighted by atomic mass is 79.9. The van der Waals surface area contributed by atoms with Crippen molar-refractivity contribution >= 4 is 27.7 Å². The van der Waals surface area contributed by atoms with E-state index in [4.69, 9.17) is 0 Å². The third kappa shape index (κ3) is 3.55. The zero-order valence-corrected chi connectivity index (χ0v) is 14.3. The molecule has 7 heteroatoms. The summed E-state index contributed by atoms with van der Waals surface area (Å²) in [4.78, 5) is 28.1. The van der Waals surface area contributed by atoms with Crippen LogP contribution in [0.15, 0.2) is 22.7 Å². The first-order valence-corrected chi connectivity index (χ1v) is 8.60. The summed E-state index contributed by atoms with van der Waals surface area (Å²) in [7, 11) is 0. The molecule has 1 unspecified atom stereocenters. The van der Waals surface area contributed by atoms with Crippen molar-refractivity contribution in [2.24, 2.45) is 0 Å². The van der Waals surface area contributed by atoms with E-state index in [1.165, 1.54) is 12.1 Å². The lowest BCUT2D eigenvalue weighted by molar-refractivity contribution is -0.135. The van der Waals surface area contributed by atoms with E-state index >= 15 is 0 Å². The highest BCUT2D eigenvalue weighted by Gasteiger charge is 2.32. The van der Waals surface area contributed by atoms with Gasteiger partial charge in [0.1, 0.15) is 5.82 Å². The van der Waals surface area contributed by atoms with Gasteiger partial charge in [-0.3, -0.25) is 9.59 Å². The Bertz CT molecular complexity index is 625. The molecule has 3 rings (SSSR count). The van der Waals surface area contributed by atoms with Gasteiger partial charge in [0.15, 0.2) is 0 Å². The molecule has 2 saturated heterocycles. The van der Waals surface area contributed by atoms with E-state index in [1.54, 1.807) is 11.0 Å². The van der Waals surface area contributed by atoms with E-state index in [0.717, 1.165) is 19.4 Å². The smallest absolute Gasteiger partial charge is 0.256 e. The third-order valence-electron chi connectivity index (χ3n) is 4.41. The highest BCUT2D eigenvalue weighted by molar-refractivity contribution is 9.10. The molecule has 2 heterocycles. The maximum absolute atomic E-state index is 14.0. The third-order valence-corrected chi connectivity index (χ3v) is 4.91. The number of nitrogens with one attached hydrogen (secondary N) is 1. The summed E-state index contributed by atoms with van der Waals surface area (Å²) in [5, 5.41) is 3.05. The zero-order valence-electron chi connectivity index (χ0n) is 12.7. The monoisotopic (exact) mass is 383 g/mol. The Morgan fingerprint density at radius 3 is 2.91 bits per heavy atom. The second kappa shape index (κ2) is 6.97. The Kier molecular flexibility index (Phi) is 4.96. The molecule has 0 aliphatic carbocycles. The van der Waals surface area contributed by atoms with Crippen LogP contribution < -0.4 is 5.32 Å². The van der Waals surface area contributed by atoms with Gasteiger partial charge in [-0.15, -0.1) is 0 Å². The highest BCUT2D eigenvalue weighted by Crippen LogP contribution is 2.21. The number of hydrogen-bond donors (Lipinski definition) is 1. The number of carbonyl (C=O) groups is 2. The number of piperidine rings is 1. The predicted molar refractivity (Wildman–Crippen MR) is 87.6 cm³/mol. The lowest BCUT2D eigenvalue weighted by Gasteiger charge is -2.41. The molecule has 0 aromatic heterocycles. The number of piperazine rings is 1. The quantitative estimate of drug-likeness (QED) is 0.844. The summed E-state index contributed by atoms with van der Waals surface area (Å²) in [6.45, 7) is 2.87. The van der Waals surface area contributed by atoms with Crippen LogP contribution in [0.1, 0.15) is 23.2 Å². The van der Waals surface area contributed by atoms with Crippen LogP contribution in [0.25, 0.3) is 0 Å². The molecule has 0 bridgehead atoms. The van der Waals surface area contributed by atoms with Crippen molar-refractivity contribution in [2.45, 2.75) is 18.9 Å². The molecule has 1 atom stereocenters. The minimum Gasteiger partial charge on any atom is -0.336 e. The fourth-order valence-corrected chi connectivity index (χ4v) is 3.57. The van der Waals surface area contributed by atoms with Gasteiger partial charge < -0.3 is 15.1 Å². The molecule has 2 amide bonds. The van der Waals surface area contributed by atoms with Gasteiger partial charge >= 0.3 is 0 Å². The number of likely N-dealkylation sites (tertiary alicyclic amines) is 1. The van der Waals surface area contributed by atoms with Crippen LogP contribution in [-0.2, 0) is 4.79 Å². The number of amides is 2. The average molecular weight is 384 g/mol. The lowest BCUT2D eigenvalue weighted by Crippen LogP contribution is -2.57. The molecule has 1 aromatic rings. The molecule has 124 valence electrons. The Labute approximate surface area is 142 Å². The maximum atomic E-state index is 14.0. The number of halogens is 2. The van der Waals surface area contributed by atoms with Crippen LogP contribution in [-0.4, -0.2) is 60.4 Å². The van der Waals surface area contributed by atoms with Crippen LogP contribution >= 0.6 is 15.9 Å². The minimum absolute atomic E-state index is 0.0285. The van der Waals surface area contributed by atoms with Crippen molar-refractivity contribution in [1.29, 1.82) is 0 Å². The van der Waals surface area contributed by atoms with Gasteiger partial charge in [-0.1, -0.05) is 15.9 Å². The van der Waals surface area contributed by atoms with Crippen molar-refractivity contribution in [3.63, 3.8) is 0 Å². The van der Waals surface area contributed by atoms with Crippen molar-refractivity contribution < 1.29 is 14.0 Å². The first kappa shape index (κ1) is 16.4. The fraction of sp³-hybridized carbons (Fsp3) is 0.500. The molecule has 2 fully saturated rings. The van der Waals surface area contributed by atoms with Crippen molar-refractivity contribution in [1.82, 2.24) is 15.1 Å². The molecule has 1 N–H and O–H groups in total. The second-order valence-electron chi connectivity index (χ2n) is 5.94. The number of carbonyl (C=O) groups excluding carboxylic acids is 2. The van der Waals surface area contributed by atoms with Crippen molar-refractivity contribution in [2.75, 3.05) is 32.7 Å². The average Bonchev–Trinajstić information content (AvgIpc) is 2.55. The molecule has 0 saturated carbocycles. The Balaban J connectivity index is 1.72. The van der Waals surface area contributed by atoms with E-state index in [9.17, 15) is 14.0 Å². The van der Waals surface area contributed by atoms with Crippen LogP contribution in [0, 0.1) is 5.82 Å². The number of hydrogen-bond acceptors (Lipinski definition) is 3.